The Balaban J connectivity index is 0.000000241. The van der Waals surface area contributed by atoms with Crippen molar-refractivity contribution in [2.24, 2.45) is 21.6 Å². The number of H-pyrrole nitrogens is 3. The fourth-order valence-corrected chi connectivity index (χ4v) is 15.2. The lowest BCUT2D eigenvalue weighted by atomic mass is 9.99. The number of benzene rings is 8. The Kier molecular flexibility index (Phi) is 44.0. The minimum Gasteiger partial charge on any atom is -0.507 e. The third kappa shape index (κ3) is 29.4. The number of phenolic OH excluding ortho intramolecular Hbond substituents is 2. The molecule has 0 unspecified atom stereocenters. The zero-order valence-electron chi connectivity index (χ0n) is 76.8. The molecular weight excluding hydrogens is 1890 g/mol. The van der Waals surface area contributed by atoms with Crippen molar-refractivity contribution in [3.05, 3.63) is 249 Å². The number of aliphatic hydroxyl groups is 4. The molecule has 17 N–H and O–H groups in total. The first kappa shape index (κ1) is 112. The molecule has 0 atom stereocenters. The second kappa shape index (κ2) is 54.4. The van der Waals surface area contributed by atoms with Crippen LogP contribution in [0.5, 0.6) is 23.0 Å². The number of phenols is 2. The number of hydrazone groups is 1. The van der Waals surface area contributed by atoms with Gasteiger partial charge in [0.05, 0.1) is 91.3 Å². The molecule has 0 spiro atoms. The number of ether oxygens (including phenoxy) is 2. The number of para-hydroxylation sites is 2. The van der Waals surface area contributed by atoms with Crippen LogP contribution in [0.3, 0.4) is 0 Å². The number of hydrogen-bond donors (Lipinski definition) is 15. The first-order chi connectivity index (χ1) is 64.8. The first-order valence-electron chi connectivity index (χ1n) is 44.3. The molecule has 7 amide bonds. The Labute approximate surface area is 831 Å². The minimum absolute atomic E-state index is 0. The van der Waals surface area contributed by atoms with Gasteiger partial charge in [-0.2, -0.15) is 5.10 Å². The lowest BCUT2D eigenvalue weighted by Gasteiger charge is -2.20. The standard InChI is InChI=1S/C28H29N7O6.C22H26N4O4.C21H25N3O.C15H16N4O2.C13H14O4.5ClH/c29-17(12-14-34-25(38)18-6-1-2-7-19(18)26(34)39)16-31-23(36)10-5-11-24(37)33-32-22(30)13-15-35-27(40)20-8-3-4-9-21(20)28(35)41;23-9-4-10-24-13-5-6-14-18-17(13)22(30)20-16(29)8-7-15(28)19(20)21(18)25-26(14)11-2-1-3-12-27;1-2-24(16-8-11-17-9-4-3-5-10-17)21(25)15-14-20-22-18-12-6-7-13-19(18)23-20;20-6-5-17-14-8-12(11-2-4-18-15(11)19-14)13-7-10(9-21)1-3-16-13;1-13(2,15)12(14)6-4-9-3-5-10-11(7-9)17-8-16-10;;;;;/h1-4,6-9,29H,5,10-16H2,(H2,30,32)(H,31,36)(H,33,37);5-8,25,27,29-30H,1-4,9-12,23H2;3-7,9-10,12-13H,2,8,11,14-16H2,1H3,(H,22,23);1-4,7-8,20-21H,5-6,9H2,(H2,17,18,19);3-7,15H,8H2,1-2H3;5*1H/b;;;;6-4+;;;;;. The van der Waals surface area contributed by atoms with Crippen molar-refractivity contribution in [3.63, 3.8) is 0 Å². The number of imide groups is 2. The van der Waals surface area contributed by atoms with Crippen molar-refractivity contribution in [2.75, 3.05) is 77.7 Å². The monoisotopic (exact) mass is 2000 g/mol. The summed E-state index contributed by atoms with van der Waals surface area (Å²) in [5.41, 5.74) is 22.4. The number of rotatable bonds is 37. The van der Waals surface area contributed by atoms with Crippen LogP contribution in [0.2, 0.25) is 0 Å². The van der Waals surface area contributed by atoms with Crippen molar-refractivity contribution in [1.82, 2.24) is 60.1 Å². The number of amides is 7. The highest BCUT2D eigenvalue weighted by atomic mass is 35.5. The number of aromatic amines is 3. The van der Waals surface area contributed by atoms with E-state index in [-0.39, 0.29) is 197 Å². The number of nitrogens with two attached hydrogens (primary N) is 2. The van der Waals surface area contributed by atoms with Crippen LogP contribution in [-0.4, -0.2) is 217 Å². The van der Waals surface area contributed by atoms with Crippen LogP contribution in [0.4, 0.5) is 5.82 Å². The van der Waals surface area contributed by atoms with Crippen molar-refractivity contribution in [3.8, 4) is 34.3 Å². The molecule has 40 heteroatoms. The Morgan fingerprint density at radius 1 is 0.640 bits per heavy atom. The van der Waals surface area contributed by atoms with Gasteiger partial charge in [0.2, 0.25) is 24.5 Å². The minimum atomic E-state index is -1.34. The number of aryl methyl sites for hydroxylation is 3. The number of carbonyl (C=O) groups excluding carboxylic acids is 8. The fraction of sp³-hybridized carbons (Fsp3) is 0.303. The summed E-state index contributed by atoms with van der Waals surface area (Å²) < 4.78 is 12.3. The highest BCUT2D eigenvalue weighted by molar-refractivity contribution is 6.24. The van der Waals surface area contributed by atoms with Gasteiger partial charge in [-0.1, -0.05) is 78.9 Å². The van der Waals surface area contributed by atoms with Gasteiger partial charge in [0, 0.05) is 125 Å². The quantitative estimate of drug-likeness (QED) is 0.00327. The van der Waals surface area contributed by atoms with Gasteiger partial charge in [0.15, 0.2) is 22.7 Å². The summed E-state index contributed by atoms with van der Waals surface area (Å²) >= 11 is 0. The number of unbranched alkanes of at least 4 members (excludes halogenated alkanes) is 2. The highest BCUT2D eigenvalue weighted by Gasteiger charge is 2.37. The average Bonchev–Trinajstić information content (AvgIpc) is 1.58. The second-order valence-electron chi connectivity index (χ2n) is 32.3. The summed E-state index contributed by atoms with van der Waals surface area (Å²) in [5, 5.41) is 82.2. The molecule has 8 heterocycles. The number of aliphatic hydroxyl groups excluding tert-OH is 3. The number of imidazole rings is 1. The highest BCUT2D eigenvalue weighted by Crippen LogP contribution is 2.42. The van der Waals surface area contributed by atoms with E-state index in [0.29, 0.717) is 94.9 Å². The number of aromatic nitrogens is 7. The molecule has 0 aliphatic carbocycles. The van der Waals surface area contributed by atoms with E-state index in [4.69, 9.17) is 36.6 Å². The lowest BCUT2D eigenvalue weighted by molar-refractivity contribution is -0.131. The van der Waals surface area contributed by atoms with Gasteiger partial charge in [-0.3, -0.25) is 72.7 Å². The normalized spacial score (nSPS) is 12.3. The number of nitrogens with one attached hydrogen (secondary N) is 7. The van der Waals surface area contributed by atoms with Gasteiger partial charge in [-0.25, -0.2) is 15.4 Å². The molecule has 35 nitrogen and oxygen atoms in total. The second-order valence-corrected chi connectivity index (χ2v) is 32.3. The Hall–Kier alpha value is -13.7. The third-order valence-electron chi connectivity index (χ3n) is 22.3. The third-order valence-corrected chi connectivity index (χ3v) is 22.3. The van der Waals surface area contributed by atoms with E-state index in [1.54, 1.807) is 79.0 Å². The molecule has 0 fully saturated rings. The topological polar surface area (TPSA) is 531 Å². The lowest BCUT2D eigenvalue weighted by Crippen LogP contribution is -2.34. The van der Waals surface area contributed by atoms with Gasteiger partial charge in [0.25, 0.3) is 23.6 Å². The number of hydrogen-bond acceptors (Lipinski definition) is 25. The SMILES string of the molecule is CC(C)(O)C(=O)/C=C/c1ccc2c(c1)OCO2.CCN(CCCc1ccccc1)C(=O)CCc1nc2ccccc2[nH]1.Cl.Cl.Cl.Cl.Cl.N=C(CCN1C(=O)c2ccccc2C1=O)CNC(=O)CCCC(=O)NN=C(N)CCN1C(=O)c2ccccc2C1=O.NCCCN=c1ccc2c3c1c(O)c1c(O)ccc(=O)c1c3[nH]n2CCCCCO.OCCNc1cc(-c2cc(CO)ccn2)c2cc[nH]c2n1. The van der Waals surface area contributed by atoms with E-state index in [2.05, 4.69) is 80.4 Å². The summed E-state index contributed by atoms with van der Waals surface area (Å²) in [4.78, 5) is 139. The number of carbonyl (C=O) groups is 8. The maximum atomic E-state index is 12.7. The number of fused-ring (bicyclic) bond motifs is 7. The molecule has 738 valence electrons. The average molecular weight is 2010 g/mol. The van der Waals surface area contributed by atoms with Gasteiger partial charge < -0.3 is 82.5 Å². The Bertz CT molecular complexity index is 6520. The molecule has 3 aliphatic rings. The molecule has 139 heavy (non-hydrogen) atoms. The molecule has 3 aliphatic heterocycles. The van der Waals surface area contributed by atoms with Crippen molar-refractivity contribution < 1.29 is 78.5 Å². The predicted molar refractivity (Wildman–Crippen MR) is 546 cm³/mol. The zero-order chi connectivity index (χ0) is 95.4. The molecule has 5 aromatic heterocycles. The summed E-state index contributed by atoms with van der Waals surface area (Å²) in [6.07, 6.45) is 13.3. The number of ketones is 1. The Morgan fingerprint density at radius 2 is 1.30 bits per heavy atom. The molecule has 16 rings (SSSR count). The van der Waals surface area contributed by atoms with E-state index < -0.39 is 35.1 Å². The van der Waals surface area contributed by atoms with Crippen LogP contribution in [0, 0.1) is 5.41 Å². The van der Waals surface area contributed by atoms with Crippen LogP contribution in [0.25, 0.3) is 72.0 Å². The fourth-order valence-electron chi connectivity index (χ4n) is 15.2. The maximum absolute atomic E-state index is 12.7. The number of aromatic hydroxyl groups is 2. The maximum Gasteiger partial charge on any atom is 0.261 e. The van der Waals surface area contributed by atoms with Crippen LogP contribution in [0.15, 0.2) is 203 Å². The van der Waals surface area contributed by atoms with E-state index in [1.165, 1.54) is 37.6 Å². The van der Waals surface area contributed by atoms with Gasteiger partial charge >= 0.3 is 0 Å². The summed E-state index contributed by atoms with van der Waals surface area (Å²) in [6, 6.07) is 50.7. The number of nitrogens with zero attached hydrogens (tertiary/aromatic N) is 9. The van der Waals surface area contributed by atoms with Gasteiger partial charge in [0.1, 0.15) is 40.2 Å². The number of halogens is 5. The van der Waals surface area contributed by atoms with E-state index in [9.17, 15) is 63.6 Å². The molecule has 0 saturated carbocycles. The molecule has 13 aromatic rings. The van der Waals surface area contributed by atoms with Crippen LogP contribution in [-0.2, 0) is 45.2 Å². The smallest absolute Gasteiger partial charge is 0.261 e. The van der Waals surface area contributed by atoms with E-state index in [0.717, 1.165) is 123 Å². The molecule has 0 radical (unpaired) electrons. The van der Waals surface area contributed by atoms with E-state index in [1.807, 2.05) is 89.4 Å². The van der Waals surface area contributed by atoms with E-state index >= 15 is 0 Å². The van der Waals surface area contributed by atoms with Gasteiger partial charge in [-0.15, -0.1) is 62.0 Å². The Morgan fingerprint density at radius 3 is 1.96 bits per heavy atom. The van der Waals surface area contributed by atoms with Crippen LogP contribution >= 0.6 is 62.0 Å². The molecule has 0 saturated heterocycles. The van der Waals surface area contributed by atoms with Crippen molar-refractivity contribution >= 4 is 187 Å². The summed E-state index contributed by atoms with van der Waals surface area (Å²) in [6.45, 7) is 9.09. The number of pyridine rings is 2. The number of anilines is 1. The van der Waals surface area contributed by atoms with Crippen molar-refractivity contribution in [1.29, 1.82) is 5.41 Å². The largest absolute Gasteiger partial charge is 0.507 e. The van der Waals surface area contributed by atoms with Gasteiger partial charge in [-0.05, 0) is 192 Å². The van der Waals surface area contributed by atoms with Crippen molar-refractivity contribution in [2.45, 2.75) is 123 Å². The first-order valence-corrected chi connectivity index (χ1v) is 44.3. The zero-order valence-corrected chi connectivity index (χ0v) is 80.8. The summed E-state index contributed by atoms with van der Waals surface area (Å²) in [5.74, 6) is 0.124. The number of amidine groups is 1. The predicted octanol–water partition coefficient (Wildman–Crippen LogP) is 12.3. The van der Waals surface area contributed by atoms with Crippen LogP contribution in [0.1, 0.15) is 155 Å². The summed E-state index contributed by atoms with van der Waals surface area (Å²) in [7, 11) is 0. The molecule has 0 bridgehead atoms. The molecular formula is C99H115Cl5N18O17. The van der Waals surface area contributed by atoms with Crippen LogP contribution < -0.4 is 47.8 Å². The molecule has 8 aromatic carbocycles.